The molecule has 0 aliphatic rings. The summed E-state index contributed by atoms with van der Waals surface area (Å²) in [6.07, 6.45) is 1.31. The van der Waals surface area contributed by atoms with E-state index in [2.05, 4.69) is 42.4 Å². The molecule has 1 amide bonds. The van der Waals surface area contributed by atoms with Crippen molar-refractivity contribution in [1.29, 1.82) is 0 Å². The van der Waals surface area contributed by atoms with Crippen LogP contribution in [0, 0.1) is 10.1 Å². The number of hydrogen-bond acceptors (Lipinski definition) is 7. The van der Waals surface area contributed by atoms with E-state index in [9.17, 15) is 14.9 Å². The Morgan fingerprint density at radius 3 is 2.69 bits per heavy atom. The number of nitro groups is 1. The van der Waals surface area contributed by atoms with Crippen LogP contribution in [-0.4, -0.2) is 24.2 Å². The van der Waals surface area contributed by atoms with E-state index >= 15 is 0 Å². The van der Waals surface area contributed by atoms with Gasteiger partial charge in [-0.25, -0.2) is 5.43 Å². The van der Waals surface area contributed by atoms with Gasteiger partial charge in [-0.2, -0.15) is 5.10 Å². The van der Waals surface area contributed by atoms with Gasteiger partial charge >= 0.3 is 5.91 Å². The number of nitrogens with zero attached hydrogens (tertiary/aromatic N) is 2. The molecule has 11 heteroatoms. The largest absolute Gasteiger partial charge is 0.493 e. The van der Waals surface area contributed by atoms with E-state index in [4.69, 9.17) is 13.6 Å². The van der Waals surface area contributed by atoms with E-state index in [-0.39, 0.29) is 22.8 Å². The summed E-state index contributed by atoms with van der Waals surface area (Å²) in [4.78, 5) is 22.6. The minimum absolute atomic E-state index is 0.0715. The molecule has 26 heavy (non-hydrogen) atoms. The van der Waals surface area contributed by atoms with Crippen molar-refractivity contribution in [3.63, 3.8) is 0 Å². The summed E-state index contributed by atoms with van der Waals surface area (Å²) in [5, 5.41) is 15.1. The number of amides is 1. The van der Waals surface area contributed by atoms with Crippen molar-refractivity contribution in [1.82, 2.24) is 5.43 Å². The van der Waals surface area contributed by atoms with Crippen molar-refractivity contribution >= 4 is 60.6 Å². The third-order valence-electron chi connectivity index (χ3n) is 3.24. The molecule has 1 N–H and O–H groups in total. The maximum Gasteiger partial charge on any atom is 0.307 e. The normalized spacial score (nSPS) is 11.2. The highest BCUT2D eigenvalue weighted by atomic mass is 79.9. The predicted molar refractivity (Wildman–Crippen MR) is 98.6 cm³/mol. The lowest BCUT2D eigenvalue weighted by atomic mass is 10.2. The number of methoxy groups -OCH3 is 1. The maximum absolute atomic E-state index is 12.2. The Hall–Kier alpha value is -2.66. The molecule has 0 spiro atoms. The smallest absolute Gasteiger partial charge is 0.307 e. The lowest BCUT2D eigenvalue weighted by Gasteiger charge is -2.00. The molecule has 0 saturated carbocycles. The van der Waals surface area contributed by atoms with Crippen LogP contribution in [0.5, 0.6) is 5.75 Å². The van der Waals surface area contributed by atoms with Crippen LogP contribution in [0.4, 0.5) is 5.69 Å². The number of nitrogens with one attached hydrogen (secondary N) is 1. The molecule has 3 aromatic rings. The van der Waals surface area contributed by atoms with Crippen molar-refractivity contribution in [3.05, 3.63) is 55.0 Å². The fraction of sp³-hybridized carbons (Fsp3) is 0.0667. The molecule has 1 aromatic carbocycles. The molecule has 3 rings (SSSR count). The van der Waals surface area contributed by atoms with Crippen LogP contribution in [0.25, 0.3) is 11.0 Å². The van der Waals surface area contributed by atoms with Crippen LogP contribution in [0.3, 0.4) is 0 Å². The van der Waals surface area contributed by atoms with Crippen molar-refractivity contribution < 1.29 is 23.3 Å². The SMILES string of the molecule is COc1cc([N+](=O)[O-])cc2cc(C(=O)N/N=C\c3cc(Br)c(Br)o3)oc12. The molecule has 0 saturated heterocycles. The van der Waals surface area contributed by atoms with Crippen LogP contribution in [0.1, 0.15) is 16.3 Å². The molecular formula is C15H9Br2N3O6. The molecule has 0 fully saturated rings. The number of hydrazone groups is 1. The summed E-state index contributed by atoms with van der Waals surface area (Å²) in [6.45, 7) is 0. The van der Waals surface area contributed by atoms with Crippen LogP contribution in [0.15, 0.2) is 47.3 Å². The quantitative estimate of drug-likeness (QED) is 0.327. The van der Waals surface area contributed by atoms with Crippen molar-refractivity contribution in [2.24, 2.45) is 5.10 Å². The molecule has 0 radical (unpaired) electrons. The summed E-state index contributed by atoms with van der Waals surface area (Å²) >= 11 is 6.44. The van der Waals surface area contributed by atoms with Gasteiger partial charge in [-0.1, -0.05) is 0 Å². The maximum atomic E-state index is 12.2. The van der Waals surface area contributed by atoms with Gasteiger partial charge in [0.2, 0.25) is 0 Å². The number of halogens is 2. The predicted octanol–water partition coefficient (Wildman–Crippen LogP) is 4.23. The van der Waals surface area contributed by atoms with Gasteiger partial charge in [0, 0.05) is 17.5 Å². The molecule has 0 atom stereocenters. The van der Waals surface area contributed by atoms with Crippen LogP contribution in [0.2, 0.25) is 0 Å². The Balaban J connectivity index is 1.83. The third-order valence-corrected chi connectivity index (χ3v) is 4.95. The molecule has 134 valence electrons. The zero-order valence-corrected chi connectivity index (χ0v) is 16.2. The van der Waals surface area contributed by atoms with Gasteiger partial charge in [-0.3, -0.25) is 14.9 Å². The van der Waals surface area contributed by atoms with E-state index in [1.165, 1.54) is 31.5 Å². The topological polar surface area (TPSA) is 120 Å². The Morgan fingerprint density at radius 2 is 2.08 bits per heavy atom. The Kier molecular flexibility index (Phi) is 5.09. The van der Waals surface area contributed by atoms with Gasteiger partial charge in [0.15, 0.2) is 21.8 Å². The Labute approximate surface area is 162 Å². The lowest BCUT2D eigenvalue weighted by molar-refractivity contribution is -0.384. The highest BCUT2D eigenvalue weighted by Crippen LogP contribution is 2.33. The van der Waals surface area contributed by atoms with Crippen LogP contribution in [-0.2, 0) is 0 Å². The molecule has 0 aliphatic carbocycles. The van der Waals surface area contributed by atoms with E-state index in [1.807, 2.05) is 0 Å². The molecule has 2 heterocycles. The van der Waals surface area contributed by atoms with Gasteiger partial charge in [0.1, 0.15) is 5.76 Å². The monoisotopic (exact) mass is 485 g/mol. The minimum Gasteiger partial charge on any atom is -0.493 e. The van der Waals surface area contributed by atoms with Gasteiger partial charge in [0.25, 0.3) is 5.69 Å². The van der Waals surface area contributed by atoms with Crippen LogP contribution >= 0.6 is 31.9 Å². The fourth-order valence-corrected chi connectivity index (χ4v) is 2.72. The molecular weight excluding hydrogens is 478 g/mol. The molecule has 0 unspecified atom stereocenters. The first kappa shape index (κ1) is 18.1. The average Bonchev–Trinajstić information content (AvgIpc) is 3.17. The highest BCUT2D eigenvalue weighted by Gasteiger charge is 2.19. The Bertz CT molecular complexity index is 1020. The second kappa shape index (κ2) is 7.30. The number of fused-ring (bicyclic) bond motifs is 1. The van der Waals surface area contributed by atoms with Crippen molar-refractivity contribution in [2.45, 2.75) is 0 Å². The number of ether oxygens (including phenoxy) is 1. The van der Waals surface area contributed by atoms with E-state index < -0.39 is 10.8 Å². The van der Waals surface area contributed by atoms with Gasteiger partial charge in [-0.05, 0) is 37.9 Å². The fourth-order valence-electron chi connectivity index (χ4n) is 2.11. The number of furan rings is 2. The number of carbonyl (C=O) groups is 1. The van der Waals surface area contributed by atoms with E-state index in [1.54, 1.807) is 6.07 Å². The lowest BCUT2D eigenvalue weighted by Crippen LogP contribution is -2.16. The first-order valence-corrected chi connectivity index (χ1v) is 8.52. The summed E-state index contributed by atoms with van der Waals surface area (Å²) < 4.78 is 17.0. The molecule has 0 bridgehead atoms. The van der Waals surface area contributed by atoms with Gasteiger partial charge < -0.3 is 13.6 Å². The van der Waals surface area contributed by atoms with Gasteiger partial charge in [-0.15, -0.1) is 0 Å². The first-order valence-electron chi connectivity index (χ1n) is 6.93. The molecule has 2 aromatic heterocycles. The molecule has 0 aliphatic heterocycles. The summed E-state index contributed by atoms with van der Waals surface area (Å²) in [7, 11) is 1.35. The average molecular weight is 487 g/mol. The standard InChI is InChI=1S/C15H9Br2N3O6/c1-24-11-4-8(20(22)23)2-7-3-12(26-13(7)11)15(21)19-18-6-9-5-10(16)14(17)25-9/h2-6H,1H3,(H,19,21)/b18-6-. The first-order chi connectivity index (χ1) is 12.4. The van der Waals surface area contributed by atoms with E-state index in [0.717, 1.165) is 0 Å². The summed E-state index contributed by atoms with van der Waals surface area (Å²) in [5.41, 5.74) is 2.34. The highest BCUT2D eigenvalue weighted by molar-refractivity contribution is 9.13. The van der Waals surface area contributed by atoms with Gasteiger partial charge in [0.05, 0.1) is 28.8 Å². The number of non-ortho nitro benzene ring substituents is 1. The van der Waals surface area contributed by atoms with Crippen molar-refractivity contribution in [2.75, 3.05) is 7.11 Å². The number of rotatable bonds is 5. The zero-order chi connectivity index (χ0) is 18.8. The Morgan fingerprint density at radius 1 is 1.31 bits per heavy atom. The number of hydrogen-bond donors (Lipinski definition) is 1. The number of nitro benzene ring substituents is 1. The van der Waals surface area contributed by atoms with Crippen molar-refractivity contribution in [3.8, 4) is 5.75 Å². The third kappa shape index (κ3) is 3.63. The summed E-state index contributed by atoms with van der Waals surface area (Å²) in [5.74, 6) is -0.141. The second-order valence-electron chi connectivity index (χ2n) is 4.90. The minimum atomic E-state index is -0.633. The number of carbonyl (C=O) groups excluding carboxylic acids is 1. The summed E-state index contributed by atoms with van der Waals surface area (Å²) in [6, 6.07) is 5.54. The second-order valence-corrected chi connectivity index (χ2v) is 6.48. The van der Waals surface area contributed by atoms with E-state index in [0.29, 0.717) is 20.3 Å². The van der Waals surface area contributed by atoms with Crippen LogP contribution < -0.4 is 10.2 Å². The zero-order valence-electron chi connectivity index (χ0n) is 13.0. The number of benzene rings is 1. The molecule has 9 nitrogen and oxygen atoms in total.